The molecule has 0 bridgehead atoms. The van der Waals surface area contributed by atoms with Crippen molar-refractivity contribution in [1.29, 1.82) is 0 Å². The quantitative estimate of drug-likeness (QED) is 0.371. The number of anilines is 2. The Morgan fingerprint density at radius 3 is 2.35 bits per heavy atom. The minimum Gasteiger partial charge on any atom is -0.497 e. The summed E-state index contributed by atoms with van der Waals surface area (Å²) in [5.74, 6) is 2.43. The third kappa shape index (κ3) is 5.15. The zero-order valence-electron chi connectivity index (χ0n) is 21.8. The molecule has 0 radical (unpaired) electrons. The van der Waals surface area contributed by atoms with E-state index in [0.29, 0.717) is 24.5 Å². The van der Waals surface area contributed by atoms with Crippen LogP contribution in [0.1, 0.15) is 56.7 Å². The minimum absolute atomic E-state index is 0.0289. The van der Waals surface area contributed by atoms with Gasteiger partial charge in [-0.2, -0.15) is 0 Å². The van der Waals surface area contributed by atoms with E-state index < -0.39 is 0 Å². The highest BCUT2D eigenvalue weighted by molar-refractivity contribution is 6.01. The smallest absolute Gasteiger partial charge is 0.163 e. The molecule has 6 heteroatoms. The molecule has 1 heterocycles. The van der Waals surface area contributed by atoms with Gasteiger partial charge in [0, 0.05) is 17.7 Å². The van der Waals surface area contributed by atoms with Crippen molar-refractivity contribution in [3.63, 3.8) is 0 Å². The van der Waals surface area contributed by atoms with Gasteiger partial charge in [-0.25, -0.2) is 0 Å². The summed E-state index contributed by atoms with van der Waals surface area (Å²) in [7, 11) is 1.66. The van der Waals surface area contributed by atoms with Crippen molar-refractivity contribution in [2.75, 3.05) is 24.4 Å². The van der Waals surface area contributed by atoms with Crippen LogP contribution in [-0.4, -0.2) is 25.6 Å². The molecule has 0 spiro atoms. The van der Waals surface area contributed by atoms with Gasteiger partial charge in [-0.05, 0) is 80.6 Å². The van der Waals surface area contributed by atoms with Gasteiger partial charge < -0.3 is 24.8 Å². The molecular weight excluding hydrogens is 464 g/mol. The molecule has 1 aliphatic heterocycles. The van der Waals surface area contributed by atoms with E-state index in [2.05, 4.69) is 22.8 Å². The number of carbonyl (C=O) groups is 1. The molecule has 0 aromatic heterocycles. The fraction of sp³-hybridized carbons (Fsp3) is 0.323. The maximum atomic E-state index is 13.8. The zero-order chi connectivity index (χ0) is 25.9. The summed E-state index contributed by atoms with van der Waals surface area (Å²) >= 11 is 0. The number of benzene rings is 3. The Bertz CT molecular complexity index is 1310. The van der Waals surface area contributed by atoms with Crippen LogP contribution >= 0.6 is 0 Å². The normalized spacial score (nSPS) is 18.8. The van der Waals surface area contributed by atoms with E-state index in [9.17, 15) is 4.79 Å². The highest BCUT2D eigenvalue weighted by Gasteiger charge is 2.36. The van der Waals surface area contributed by atoms with Gasteiger partial charge in [0.15, 0.2) is 17.3 Å². The number of ether oxygens (including phenoxy) is 3. The molecule has 192 valence electrons. The number of methoxy groups -OCH3 is 1. The first-order chi connectivity index (χ1) is 18.0. The molecule has 5 rings (SSSR count). The number of hydrogen-bond acceptors (Lipinski definition) is 6. The summed E-state index contributed by atoms with van der Waals surface area (Å²) in [4.78, 5) is 13.8. The summed E-state index contributed by atoms with van der Waals surface area (Å²) in [5, 5.41) is 7.26. The van der Waals surface area contributed by atoms with Crippen molar-refractivity contribution in [1.82, 2.24) is 0 Å². The van der Waals surface area contributed by atoms with Crippen molar-refractivity contribution in [3.05, 3.63) is 89.1 Å². The molecule has 3 aromatic rings. The standard InChI is InChI=1S/C31H34N2O4/c1-5-36-29-18-21(12-15-28(29)37-19(2)3)31-30-26(32-24-8-6-7-9-25(24)33-31)16-22(17-27(30)34)20-10-13-23(35-4)14-11-20/h6-15,18-19,22,31-33H,5,16-17H2,1-4H3. The summed E-state index contributed by atoms with van der Waals surface area (Å²) < 4.78 is 17.3. The zero-order valence-corrected chi connectivity index (χ0v) is 21.8. The molecule has 6 nitrogen and oxygen atoms in total. The van der Waals surface area contributed by atoms with E-state index in [-0.39, 0.29) is 23.8 Å². The fourth-order valence-corrected chi connectivity index (χ4v) is 5.18. The van der Waals surface area contributed by atoms with E-state index in [0.717, 1.165) is 45.9 Å². The lowest BCUT2D eigenvalue weighted by Crippen LogP contribution is -2.27. The predicted octanol–water partition coefficient (Wildman–Crippen LogP) is 6.86. The van der Waals surface area contributed by atoms with Gasteiger partial charge in [-0.15, -0.1) is 0 Å². The first-order valence-corrected chi connectivity index (χ1v) is 12.9. The van der Waals surface area contributed by atoms with Gasteiger partial charge in [0.1, 0.15) is 5.75 Å². The van der Waals surface area contributed by atoms with Crippen LogP contribution in [0.5, 0.6) is 17.2 Å². The Labute approximate surface area is 218 Å². The van der Waals surface area contributed by atoms with Gasteiger partial charge in [-0.3, -0.25) is 4.79 Å². The van der Waals surface area contributed by atoms with Crippen LogP contribution in [0, 0.1) is 0 Å². The molecular formula is C31H34N2O4. The van der Waals surface area contributed by atoms with Crippen molar-refractivity contribution in [3.8, 4) is 17.2 Å². The Morgan fingerprint density at radius 1 is 0.919 bits per heavy atom. The van der Waals surface area contributed by atoms with Gasteiger partial charge in [0.05, 0.1) is 37.2 Å². The first-order valence-electron chi connectivity index (χ1n) is 12.9. The number of ketones is 1. The van der Waals surface area contributed by atoms with Crippen LogP contribution < -0.4 is 24.8 Å². The maximum Gasteiger partial charge on any atom is 0.163 e. The molecule has 37 heavy (non-hydrogen) atoms. The molecule has 2 N–H and O–H groups in total. The first kappa shape index (κ1) is 24.8. The van der Waals surface area contributed by atoms with Crippen molar-refractivity contribution < 1.29 is 19.0 Å². The number of rotatable bonds is 7. The summed E-state index contributed by atoms with van der Waals surface area (Å²) in [5.41, 5.74) is 5.75. The maximum absolute atomic E-state index is 13.8. The lowest BCUT2D eigenvalue weighted by Gasteiger charge is -2.30. The van der Waals surface area contributed by atoms with Crippen molar-refractivity contribution in [2.24, 2.45) is 0 Å². The SMILES string of the molecule is CCOc1cc(C2Nc3ccccc3NC3=C2C(=O)CC(c2ccc(OC)cc2)C3)ccc1OC(C)C. The summed E-state index contributed by atoms with van der Waals surface area (Å²) in [6.07, 6.45) is 1.22. The number of fused-ring (bicyclic) bond motifs is 1. The highest BCUT2D eigenvalue weighted by Crippen LogP contribution is 2.45. The summed E-state index contributed by atoms with van der Waals surface area (Å²) in [6.45, 7) is 6.48. The van der Waals surface area contributed by atoms with Crippen molar-refractivity contribution in [2.45, 2.75) is 51.7 Å². The number of para-hydroxylation sites is 2. The Balaban J connectivity index is 1.57. The van der Waals surface area contributed by atoms with Crippen LogP contribution in [0.4, 0.5) is 11.4 Å². The number of nitrogens with one attached hydrogen (secondary N) is 2. The number of carbonyl (C=O) groups excluding carboxylic acids is 1. The third-order valence-corrected chi connectivity index (χ3v) is 6.86. The number of hydrogen-bond donors (Lipinski definition) is 2. The van der Waals surface area contributed by atoms with Crippen LogP contribution in [0.15, 0.2) is 78.0 Å². The van der Waals surface area contributed by atoms with Gasteiger partial charge >= 0.3 is 0 Å². The van der Waals surface area contributed by atoms with E-state index in [4.69, 9.17) is 14.2 Å². The molecule has 0 fully saturated rings. The fourth-order valence-electron chi connectivity index (χ4n) is 5.18. The second kappa shape index (κ2) is 10.6. The summed E-state index contributed by atoms with van der Waals surface area (Å²) in [6, 6.07) is 21.8. The molecule has 0 amide bonds. The highest BCUT2D eigenvalue weighted by atomic mass is 16.5. The monoisotopic (exact) mass is 498 g/mol. The van der Waals surface area contributed by atoms with Gasteiger partial charge in [-0.1, -0.05) is 30.3 Å². The largest absolute Gasteiger partial charge is 0.497 e. The average molecular weight is 499 g/mol. The second-order valence-electron chi connectivity index (χ2n) is 9.75. The molecule has 0 saturated heterocycles. The average Bonchev–Trinajstić information content (AvgIpc) is 3.06. The number of Topliss-reactive ketones (excluding diaryl/α,β-unsaturated/α-hetero) is 1. The molecule has 2 aliphatic rings. The van der Waals surface area contributed by atoms with E-state index in [1.807, 2.05) is 75.4 Å². The van der Waals surface area contributed by atoms with Gasteiger partial charge in [0.2, 0.25) is 0 Å². The Hall–Kier alpha value is -3.93. The third-order valence-electron chi connectivity index (χ3n) is 6.86. The second-order valence-corrected chi connectivity index (χ2v) is 9.75. The number of allylic oxidation sites excluding steroid dienone is 1. The van der Waals surface area contributed by atoms with E-state index in [1.165, 1.54) is 0 Å². The lowest BCUT2D eigenvalue weighted by molar-refractivity contribution is -0.116. The van der Waals surface area contributed by atoms with E-state index >= 15 is 0 Å². The molecule has 2 unspecified atom stereocenters. The topological polar surface area (TPSA) is 68.8 Å². The Kier molecular flexibility index (Phi) is 7.08. The molecule has 3 aromatic carbocycles. The minimum atomic E-state index is -0.317. The predicted molar refractivity (Wildman–Crippen MR) is 147 cm³/mol. The van der Waals surface area contributed by atoms with E-state index in [1.54, 1.807) is 7.11 Å². The molecule has 0 saturated carbocycles. The van der Waals surface area contributed by atoms with Gasteiger partial charge in [0.25, 0.3) is 0 Å². The Morgan fingerprint density at radius 2 is 1.65 bits per heavy atom. The molecule has 1 aliphatic carbocycles. The lowest BCUT2D eigenvalue weighted by atomic mass is 9.78. The van der Waals surface area contributed by atoms with Crippen LogP contribution in [0.25, 0.3) is 0 Å². The van der Waals surface area contributed by atoms with Crippen LogP contribution in [-0.2, 0) is 4.79 Å². The van der Waals surface area contributed by atoms with Crippen molar-refractivity contribution >= 4 is 17.2 Å². The van der Waals surface area contributed by atoms with Crippen LogP contribution in [0.2, 0.25) is 0 Å². The molecule has 2 atom stereocenters. The van der Waals surface area contributed by atoms with Crippen LogP contribution in [0.3, 0.4) is 0 Å².